The lowest BCUT2D eigenvalue weighted by Gasteiger charge is -2.05. The molecule has 0 spiro atoms. The van der Waals surface area contributed by atoms with Crippen LogP contribution in [0.25, 0.3) is 21.3 Å². The average Bonchev–Trinajstić information content (AvgIpc) is 3.51. The number of fused-ring (bicyclic) bond motifs is 2. The molecule has 39 heavy (non-hydrogen) atoms. The first-order chi connectivity index (χ1) is 18.9. The Kier molecular flexibility index (Phi) is 7.76. The summed E-state index contributed by atoms with van der Waals surface area (Å²) in [7, 11) is 0. The highest BCUT2D eigenvalue weighted by Crippen LogP contribution is 2.31. The zero-order valence-electron chi connectivity index (χ0n) is 21.9. The van der Waals surface area contributed by atoms with Crippen molar-refractivity contribution >= 4 is 49.9 Å². The van der Waals surface area contributed by atoms with Gasteiger partial charge < -0.3 is 15.1 Å². The van der Waals surface area contributed by atoms with Crippen molar-refractivity contribution in [1.82, 2.24) is 19.9 Å². The van der Waals surface area contributed by atoms with Gasteiger partial charge in [-0.05, 0) is 68.3 Å². The molecule has 7 heteroatoms. The van der Waals surface area contributed by atoms with Crippen LogP contribution in [-0.4, -0.2) is 25.7 Å². The number of aryl methyl sites for hydroxylation is 1. The van der Waals surface area contributed by atoms with E-state index in [1.807, 2.05) is 48.5 Å². The number of H-pyrrole nitrogens is 1. The molecule has 0 unspecified atom stereocenters. The van der Waals surface area contributed by atoms with Gasteiger partial charge in [0.25, 0.3) is 0 Å². The number of rotatable bonds is 4. The molecule has 2 N–H and O–H groups in total. The van der Waals surface area contributed by atoms with Gasteiger partial charge in [0.1, 0.15) is 17.9 Å². The van der Waals surface area contributed by atoms with Gasteiger partial charge in [-0.25, -0.2) is 15.0 Å². The van der Waals surface area contributed by atoms with E-state index in [0.29, 0.717) is 0 Å². The van der Waals surface area contributed by atoms with E-state index >= 15 is 0 Å². The number of imidazole rings is 1. The van der Waals surface area contributed by atoms with Crippen molar-refractivity contribution in [2.45, 2.75) is 27.2 Å². The minimum atomic E-state index is 0.167. The van der Waals surface area contributed by atoms with Gasteiger partial charge in [0.15, 0.2) is 5.82 Å². The normalized spacial score (nSPS) is 10.4. The molecular weight excluding hydrogens is 502 g/mol. The highest BCUT2D eigenvalue weighted by atomic mass is 32.1. The third-order valence-electron chi connectivity index (χ3n) is 5.67. The van der Waals surface area contributed by atoms with Gasteiger partial charge in [0, 0.05) is 17.7 Å². The molecule has 6 nitrogen and oxygen atoms in total. The summed E-state index contributed by atoms with van der Waals surface area (Å²) in [5, 5.41) is 3.46. The predicted molar refractivity (Wildman–Crippen MR) is 160 cm³/mol. The molecule has 3 aromatic heterocycles. The third-order valence-corrected chi connectivity index (χ3v) is 6.71. The number of anilines is 2. The van der Waals surface area contributed by atoms with Crippen LogP contribution in [0.3, 0.4) is 0 Å². The second kappa shape index (κ2) is 11.7. The summed E-state index contributed by atoms with van der Waals surface area (Å²) < 4.78 is 0.982. The zero-order valence-corrected chi connectivity index (χ0v) is 22.8. The van der Waals surface area contributed by atoms with Gasteiger partial charge in [0.2, 0.25) is 0 Å². The maximum atomic E-state index is 9.44. The van der Waals surface area contributed by atoms with Gasteiger partial charge in [-0.15, -0.1) is 11.3 Å². The first kappa shape index (κ1) is 25.8. The minimum absolute atomic E-state index is 0.167. The Bertz CT molecular complexity index is 1820. The number of carbonyl (C=O) groups is 1. The van der Waals surface area contributed by atoms with E-state index < -0.39 is 0 Å². The lowest BCUT2D eigenvalue weighted by Crippen LogP contribution is -1.94. The van der Waals surface area contributed by atoms with Gasteiger partial charge in [-0.1, -0.05) is 54.3 Å². The molecular formula is C32H27N5OS. The Morgan fingerprint density at radius 3 is 2.54 bits per heavy atom. The molecule has 192 valence electrons. The highest BCUT2D eigenvalue weighted by molar-refractivity contribution is 7.20. The number of hydrogen-bond acceptors (Lipinski definition) is 6. The van der Waals surface area contributed by atoms with Crippen LogP contribution in [0.15, 0.2) is 85.2 Å². The van der Waals surface area contributed by atoms with E-state index in [4.69, 9.17) is 4.98 Å². The summed E-state index contributed by atoms with van der Waals surface area (Å²) in [4.78, 5) is 27.5. The molecule has 0 saturated heterocycles. The molecule has 0 aliphatic heterocycles. The van der Waals surface area contributed by atoms with Crippen molar-refractivity contribution < 1.29 is 4.79 Å². The number of thiophene rings is 1. The smallest absolute Gasteiger partial charge is 0.151 e. The van der Waals surface area contributed by atoms with E-state index in [1.165, 1.54) is 25.0 Å². The van der Waals surface area contributed by atoms with Crippen LogP contribution in [0.1, 0.15) is 41.2 Å². The van der Waals surface area contributed by atoms with Crippen LogP contribution < -0.4 is 5.32 Å². The van der Waals surface area contributed by atoms with Crippen molar-refractivity contribution in [3.8, 4) is 11.8 Å². The van der Waals surface area contributed by atoms with Crippen molar-refractivity contribution in [2.75, 3.05) is 5.32 Å². The number of nitrogens with zero attached hydrogens (tertiary/aromatic N) is 3. The Morgan fingerprint density at radius 2 is 1.74 bits per heavy atom. The third kappa shape index (κ3) is 6.75. The Hall–Kier alpha value is -4.80. The summed E-state index contributed by atoms with van der Waals surface area (Å²) in [6, 6.07) is 26.7. The van der Waals surface area contributed by atoms with E-state index in [1.54, 1.807) is 17.7 Å². The Balaban J connectivity index is 0.000000723. The first-order valence-electron chi connectivity index (χ1n) is 12.5. The maximum absolute atomic E-state index is 9.44. The number of nitrogens with one attached hydrogen (secondary N) is 2. The number of hydrogen-bond donors (Lipinski definition) is 2. The molecule has 0 aliphatic carbocycles. The molecule has 0 saturated carbocycles. The fourth-order valence-electron chi connectivity index (χ4n) is 4.01. The first-order valence-corrected chi connectivity index (χ1v) is 13.3. The zero-order chi connectivity index (χ0) is 27.2. The number of ketones is 1. The number of aromatic nitrogens is 4. The van der Waals surface area contributed by atoms with Crippen LogP contribution in [0.5, 0.6) is 0 Å². The van der Waals surface area contributed by atoms with Crippen LogP contribution in [0.2, 0.25) is 0 Å². The topological polar surface area (TPSA) is 83.6 Å². The molecule has 0 aliphatic rings. The molecule has 0 atom stereocenters. The summed E-state index contributed by atoms with van der Waals surface area (Å²) in [5.41, 5.74) is 7.19. The largest absolute Gasteiger partial charge is 0.342 e. The summed E-state index contributed by atoms with van der Waals surface area (Å²) >= 11 is 1.59. The standard InChI is InChI=1S/C29H21N5S.C3H6O/c1-19-6-5-9-21(14-19)10-12-23-17-26-28(35-23)29(31-18-30-26)32-22-11-13-24-25(16-22)34-27(33-24)15-20-7-3-2-4-8-20;1-3(2)4/h2-9,11,13-14,16-18H,15H2,1H3,(H,33,34)(H,30,31,32);1-2H3. The van der Waals surface area contributed by atoms with Crippen molar-refractivity contribution in [3.05, 3.63) is 113 Å². The molecule has 6 aromatic rings. The fraction of sp³-hybridized carbons (Fsp3) is 0.125. The van der Waals surface area contributed by atoms with Gasteiger partial charge in [0.05, 0.1) is 26.1 Å². The highest BCUT2D eigenvalue weighted by Gasteiger charge is 2.10. The lowest BCUT2D eigenvalue weighted by atomic mass is 10.1. The molecule has 6 rings (SSSR count). The minimum Gasteiger partial charge on any atom is -0.342 e. The molecule has 3 heterocycles. The summed E-state index contributed by atoms with van der Waals surface area (Å²) in [5.74, 6) is 8.41. The fourth-order valence-corrected chi connectivity index (χ4v) is 4.92. The van der Waals surface area contributed by atoms with Crippen LogP contribution in [0.4, 0.5) is 11.5 Å². The lowest BCUT2D eigenvalue weighted by molar-refractivity contribution is -0.114. The average molecular weight is 530 g/mol. The number of Topliss-reactive ketones (excluding diaryl/α,β-unsaturated/α-hetero) is 1. The van der Waals surface area contributed by atoms with E-state index in [9.17, 15) is 4.79 Å². The predicted octanol–water partition coefficient (Wildman–Crippen LogP) is 7.21. The van der Waals surface area contributed by atoms with E-state index in [0.717, 1.165) is 55.4 Å². The van der Waals surface area contributed by atoms with Crippen LogP contribution >= 0.6 is 11.3 Å². The number of carbonyl (C=O) groups excluding carboxylic acids is 1. The molecule has 0 amide bonds. The van der Waals surface area contributed by atoms with Gasteiger partial charge >= 0.3 is 0 Å². The second-order valence-electron chi connectivity index (χ2n) is 9.28. The summed E-state index contributed by atoms with van der Waals surface area (Å²) in [6.45, 7) is 5.13. The van der Waals surface area contributed by atoms with Gasteiger partial charge in [-0.3, -0.25) is 0 Å². The Labute approximate surface area is 231 Å². The van der Waals surface area contributed by atoms with Crippen LogP contribution in [-0.2, 0) is 11.2 Å². The van der Waals surface area contributed by atoms with Crippen molar-refractivity contribution in [1.29, 1.82) is 0 Å². The van der Waals surface area contributed by atoms with Crippen LogP contribution in [0, 0.1) is 18.8 Å². The van der Waals surface area contributed by atoms with Crippen molar-refractivity contribution in [2.24, 2.45) is 0 Å². The van der Waals surface area contributed by atoms with E-state index in [2.05, 4.69) is 69.4 Å². The summed E-state index contributed by atoms with van der Waals surface area (Å²) in [6.07, 6.45) is 2.36. The maximum Gasteiger partial charge on any atom is 0.151 e. The Morgan fingerprint density at radius 1 is 0.923 bits per heavy atom. The second-order valence-corrected chi connectivity index (χ2v) is 10.3. The molecule has 3 aromatic carbocycles. The van der Waals surface area contributed by atoms with E-state index in [-0.39, 0.29) is 5.78 Å². The molecule has 0 fully saturated rings. The van der Waals surface area contributed by atoms with Gasteiger partial charge in [-0.2, -0.15) is 0 Å². The number of benzene rings is 3. The molecule has 0 bridgehead atoms. The monoisotopic (exact) mass is 529 g/mol. The van der Waals surface area contributed by atoms with Crippen molar-refractivity contribution in [3.63, 3.8) is 0 Å². The SMILES string of the molecule is CC(C)=O.Cc1cccc(C#Cc2cc3ncnc(Nc4ccc5nc(Cc6ccccc6)[nH]c5c4)c3s2)c1. The number of aromatic amines is 1. The quantitative estimate of drug-likeness (QED) is 0.236. The molecule has 0 radical (unpaired) electrons.